The molecule has 1 aliphatic carbocycles. The van der Waals surface area contributed by atoms with Crippen LogP contribution < -0.4 is 11.5 Å². The van der Waals surface area contributed by atoms with Gasteiger partial charge in [0, 0.05) is 12.1 Å². The number of benzene rings is 1. The molecule has 2 atom stereocenters. The van der Waals surface area contributed by atoms with Crippen molar-refractivity contribution < 1.29 is 0 Å². The Morgan fingerprint density at radius 1 is 0.926 bits per heavy atom. The Kier molecular flexibility index (Phi) is 7.55. The zero-order valence-corrected chi connectivity index (χ0v) is 18.7. The SMILES string of the molecule is Cc1ccccc1C(N)CC(C)(C)CC1CCC(C(N)CC(C)(C)C)CC1. The molecule has 0 spiro atoms. The van der Waals surface area contributed by atoms with Gasteiger partial charge in [-0.1, -0.05) is 71.7 Å². The molecule has 0 amide bonds. The van der Waals surface area contributed by atoms with Crippen molar-refractivity contribution in [3.63, 3.8) is 0 Å². The lowest BCUT2D eigenvalue weighted by molar-refractivity contribution is 0.155. The first-order chi connectivity index (χ1) is 12.5. The van der Waals surface area contributed by atoms with Crippen LogP contribution in [0.4, 0.5) is 0 Å². The van der Waals surface area contributed by atoms with E-state index in [-0.39, 0.29) is 11.5 Å². The van der Waals surface area contributed by atoms with Gasteiger partial charge in [-0.05, 0) is 72.8 Å². The lowest BCUT2D eigenvalue weighted by Crippen LogP contribution is -2.36. The Bertz CT molecular complexity index is 576. The summed E-state index contributed by atoms with van der Waals surface area (Å²) in [5.74, 6) is 1.56. The second-order valence-electron chi connectivity index (χ2n) is 11.2. The van der Waals surface area contributed by atoms with E-state index in [2.05, 4.69) is 65.8 Å². The molecule has 0 saturated heterocycles. The van der Waals surface area contributed by atoms with Crippen molar-refractivity contribution in [1.82, 2.24) is 0 Å². The van der Waals surface area contributed by atoms with E-state index in [9.17, 15) is 0 Å². The minimum absolute atomic E-state index is 0.137. The van der Waals surface area contributed by atoms with Gasteiger partial charge < -0.3 is 11.5 Å². The molecule has 0 aliphatic heterocycles. The van der Waals surface area contributed by atoms with Crippen molar-refractivity contribution in [2.75, 3.05) is 0 Å². The molecule has 1 aromatic carbocycles. The van der Waals surface area contributed by atoms with Crippen LogP contribution >= 0.6 is 0 Å². The second kappa shape index (κ2) is 9.09. The molecule has 4 N–H and O–H groups in total. The molecule has 27 heavy (non-hydrogen) atoms. The number of hydrogen-bond acceptors (Lipinski definition) is 2. The molecule has 1 fully saturated rings. The minimum Gasteiger partial charge on any atom is -0.327 e. The zero-order chi connectivity index (χ0) is 20.2. The summed E-state index contributed by atoms with van der Waals surface area (Å²) < 4.78 is 0. The predicted molar refractivity (Wildman–Crippen MR) is 119 cm³/mol. The van der Waals surface area contributed by atoms with Gasteiger partial charge in [-0.25, -0.2) is 0 Å². The first-order valence-corrected chi connectivity index (χ1v) is 11.0. The van der Waals surface area contributed by atoms with E-state index in [0.717, 1.165) is 24.7 Å². The van der Waals surface area contributed by atoms with Crippen LogP contribution in [0.3, 0.4) is 0 Å². The molecule has 0 bridgehead atoms. The lowest BCUT2D eigenvalue weighted by Gasteiger charge is -2.38. The Hall–Kier alpha value is -0.860. The predicted octanol–water partition coefficient (Wildman–Crippen LogP) is 6.37. The van der Waals surface area contributed by atoms with Gasteiger partial charge in [-0.3, -0.25) is 0 Å². The highest BCUT2D eigenvalue weighted by molar-refractivity contribution is 5.28. The Morgan fingerprint density at radius 3 is 2.07 bits per heavy atom. The van der Waals surface area contributed by atoms with E-state index in [4.69, 9.17) is 11.5 Å². The second-order valence-corrected chi connectivity index (χ2v) is 11.2. The monoisotopic (exact) mass is 372 g/mol. The van der Waals surface area contributed by atoms with Crippen molar-refractivity contribution in [3.8, 4) is 0 Å². The quantitative estimate of drug-likeness (QED) is 0.584. The highest BCUT2D eigenvalue weighted by atomic mass is 14.7. The van der Waals surface area contributed by atoms with Gasteiger partial charge in [0.2, 0.25) is 0 Å². The molecule has 0 heterocycles. The van der Waals surface area contributed by atoms with E-state index in [1.165, 1.54) is 43.2 Å². The van der Waals surface area contributed by atoms with E-state index in [0.29, 0.717) is 11.5 Å². The molecule has 154 valence electrons. The van der Waals surface area contributed by atoms with E-state index >= 15 is 0 Å². The van der Waals surface area contributed by atoms with Crippen molar-refractivity contribution >= 4 is 0 Å². The zero-order valence-electron chi connectivity index (χ0n) is 18.7. The average Bonchev–Trinajstić information content (AvgIpc) is 2.53. The summed E-state index contributed by atoms with van der Waals surface area (Å²) in [7, 11) is 0. The molecule has 2 rings (SSSR count). The maximum absolute atomic E-state index is 6.59. The summed E-state index contributed by atoms with van der Waals surface area (Å²) in [5, 5.41) is 0. The fourth-order valence-electron chi connectivity index (χ4n) is 5.27. The van der Waals surface area contributed by atoms with Crippen LogP contribution in [-0.4, -0.2) is 6.04 Å². The van der Waals surface area contributed by atoms with Crippen LogP contribution in [0.5, 0.6) is 0 Å². The minimum atomic E-state index is 0.137. The van der Waals surface area contributed by atoms with Gasteiger partial charge in [0.25, 0.3) is 0 Å². The van der Waals surface area contributed by atoms with Crippen LogP contribution in [0.2, 0.25) is 0 Å². The molecule has 1 aliphatic rings. The van der Waals surface area contributed by atoms with Crippen LogP contribution in [0.15, 0.2) is 24.3 Å². The van der Waals surface area contributed by atoms with Crippen LogP contribution in [0, 0.1) is 29.6 Å². The van der Waals surface area contributed by atoms with Gasteiger partial charge >= 0.3 is 0 Å². The van der Waals surface area contributed by atoms with Gasteiger partial charge in [0.1, 0.15) is 0 Å². The molecular formula is C25H44N2. The van der Waals surface area contributed by atoms with Gasteiger partial charge in [-0.15, -0.1) is 0 Å². The smallest absolute Gasteiger partial charge is 0.0302 e. The van der Waals surface area contributed by atoms with Gasteiger partial charge in [0.15, 0.2) is 0 Å². The third-order valence-corrected chi connectivity index (χ3v) is 6.55. The maximum atomic E-state index is 6.59. The number of hydrogen-bond donors (Lipinski definition) is 2. The molecular weight excluding hydrogens is 328 g/mol. The van der Waals surface area contributed by atoms with E-state index in [1.54, 1.807) is 0 Å². The molecule has 2 unspecified atom stereocenters. The molecule has 1 aromatic rings. The average molecular weight is 373 g/mol. The van der Waals surface area contributed by atoms with Crippen LogP contribution in [0.25, 0.3) is 0 Å². The molecule has 2 nitrogen and oxygen atoms in total. The highest BCUT2D eigenvalue weighted by Crippen LogP contribution is 2.42. The topological polar surface area (TPSA) is 52.0 Å². The molecule has 2 heteroatoms. The summed E-state index contributed by atoms with van der Waals surface area (Å²) in [6.45, 7) is 13.9. The summed E-state index contributed by atoms with van der Waals surface area (Å²) in [4.78, 5) is 0. The van der Waals surface area contributed by atoms with E-state index in [1.807, 2.05) is 0 Å². The summed E-state index contributed by atoms with van der Waals surface area (Å²) in [6, 6.07) is 9.07. The third kappa shape index (κ3) is 7.23. The van der Waals surface area contributed by atoms with Crippen molar-refractivity contribution in [3.05, 3.63) is 35.4 Å². The number of rotatable bonds is 7. The van der Waals surface area contributed by atoms with Crippen molar-refractivity contribution in [2.24, 2.45) is 34.1 Å². The fourth-order valence-corrected chi connectivity index (χ4v) is 5.27. The Labute approximate surface area is 168 Å². The van der Waals surface area contributed by atoms with Crippen molar-refractivity contribution in [1.29, 1.82) is 0 Å². The standard InChI is InChI=1S/C25H44N2/c1-18-9-7-8-10-21(18)23(27)17-25(5,6)15-19-11-13-20(14-12-19)22(26)16-24(2,3)4/h7-10,19-20,22-23H,11-17,26-27H2,1-6H3. The maximum Gasteiger partial charge on any atom is 0.0302 e. The summed E-state index contributed by atoms with van der Waals surface area (Å²) >= 11 is 0. The highest BCUT2D eigenvalue weighted by Gasteiger charge is 2.32. The fraction of sp³-hybridized carbons (Fsp3) is 0.760. The summed E-state index contributed by atoms with van der Waals surface area (Å²) in [6.07, 6.45) is 8.77. The summed E-state index contributed by atoms with van der Waals surface area (Å²) in [5.41, 5.74) is 16.4. The number of aryl methyl sites for hydroxylation is 1. The molecule has 0 radical (unpaired) electrons. The van der Waals surface area contributed by atoms with Crippen molar-refractivity contribution in [2.45, 2.75) is 98.6 Å². The Morgan fingerprint density at radius 2 is 1.52 bits per heavy atom. The van der Waals surface area contributed by atoms with Gasteiger partial charge in [-0.2, -0.15) is 0 Å². The van der Waals surface area contributed by atoms with Crippen LogP contribution in [0.1, 0.15) is 96.7 Å². The van der Waals surface area contributed by atoms with Crippen LogP contribution in [-0.2, 0) is 0 Å². The number of nitrogens with two attached hydrogens (primary N) is 2. The largest absolute Gasteiger partial charge is 0.327 e. The van der Waals surface area contributed by atoms with E-state index < -0.39 is 0 Å². The third-order valence-electron chi connectivity index (χ3n) is 6.55. The normalized spacial score (nSPS) is 23.9. The molecule has 1 saturated carbocycles. The first kappa shape index (κ1) is 22.4. The first-order valence-electron chi connectivity index (χ1n) is 11.0. The Balaban J connectivity index is 1.84. The molecule has 0 aromatic heterocycles. The van der Waals surface area contributed by atoms with Gasteiger partial charge in [0.05, 0.1) is 0 Å². The lowest BCUT2D eigenvalue weighted by atomic mass is 9.69.